The first-order valence-corrected chi connectivity index (χ1v) is 10.8. The Morgan fingerprint density at radius 3 is 2.50 bits per heavy atom. The van der Waals surface area contributed by atoms with E-state index in [1.165, 1.54) is 12.2 Å². The van der Waals surface area contributed by atoms with Gasteiger partial charge >= 0.3 is 0 Å². The Bertz CT molecular complexity index is 840. The van der Waals surface area contributed by atoms with Crippen LogP contribution in [0.2, 0.25) is 0 Å². The van der Waals surface area contributed by atoms with Crippen LogP contribution in [0.15, 0.2) is 23.8 Å². The second kappa shape index (κ2) is 7.19. The predicted molar refractivity (Wildman–Crippen MR) is 104 cm³/mol. The van der Waals surface area contributed by atoms with Gasteiger partial charge in [0.2, 0.25) is 0 Å². The van der Waals surface area contributed by atoms with Gasteiger partial charge in [0, 0.05) is 30.8 Å². The maximum atomic E-state index is 13.4. The quantitative estimate of drug-likeness (QED) is 0.514. The number of methoxy groups -OCH3 is 1. The zero-order chi connectivity index (χ0) is 21.2. The lowest BCUT2D eigenvalue weighted by atomic mass is 9.54. The van der Waals surface area contributed by atoms with Gasteiger partial charge < -0.3 is 18.9 Å². The van der Waals surface area contributed by atoms with Crippen molar-refractivity contribution in [3.63, 3.8) is 0 Å². The standard InChI is InChI=1S/C23H28O7/c1-23(2)29-21-19(26)14-7-5-11-12(18(14)20(22(21)30-23)28-10-27-3)4-6-13-15(24)8-9-16(25)17(11)13/h4,8-9,11,13-14,17-18,20-22H,5-7,10H2,1-3H3/t11-,13-,14-,17-,18+,20-,21-,22+/m0/s1. The molecule has 1 saturated heterocycles. The summed E-state index contributed by atoms with van der Waals surface area (Å²) in [5.41, 5.74) is 1.07. The fraction of sp³-hybridized carbons (Fsp3) is 0.696. The summed E-state index contributed by atoms with van der Waals surface area (Å²) in [6.45, 7) is 3.70. The van der Waals surface area contributed by atoms with E-state index in [1.807, 2.05) is 13.8 Å². The molecule has 0 aromatic rings. The maximum absolute atomic E-state index is 13.4. The van der Waals surface area contributed by atoms with E-state index in [9.17, 15) is 14.4 Å². The molecule has 0 radical (unpaired) electrons. The molecule has 1 heterocycles. The van der Waals surface area contributed by atoms with Crippen LogP contribution in [0, 0.1) is 29.6 Å². The molecule has 0 spiro atoms. The van der Waals surface area contributed by atoms with Crippen LogP contribution in [0.1, 0.15) is 33.1 Å². The van der Waals surface area contributed by atoms with Crippen molar-refractivity contribution < 1.29 is 33.3 Å². The van der Waals surface area contributed by atoms with Crippen molar-refractivity contribution in [2.75, 3.05) is 13.9 Å². The summed E-state index contributed by atoms with van der Waals surface area (Å²) in [5.74, 6) is -1.87. The lowest BCUT2D eigenvalue weighted by Gasteiger charge is -2.51. The van der Waals surface area contributed by atoms with Gasteiger partial charge in [-0.1, -0.05) is 11.6 Å². The molecule has 7 nitrogen and oxygen atoms in total. The fourth-order valence-electron chi connectivity index (χ4n) is 6.39. The molecule has 3 fully saturated rings. The molecule has 0 amide bonds. The molecular weight excluding hydrogens is 388 g/mol. The van der Waals surface area contributed by atoms with Crippen molar-refractivity contribution in [2.45, 2.75) is 57.2 Å². The van der Waals surface area contributed by atoms with Gasteiger partial charge in [-0.3, -0.25) is 14.4 Å². The molecule has 162 valence electrons. The molecule has 1 aliphatic heterocycles. The number of rotatable bonds is 3. The Hall–Kier alpha value is -1.67. The van der Waals surface area contributed by atoms with Gasteiger partial charge in [0.15, 0.2) is 23.1 Å². The Morgan fingerprint density at radius 1 is 1.00 bits per heavy atom. The molecule has 2 saturated carbocycles. The molecule has 0 aromatic heterocycles. The van der Waals surface area contributed by atoms with Crippen LogP contribution in [0.3, 0.4) is 0 Å². The van der Waals surface area contributed by atoms with Crippen LogP contribution in [0.4, 0.5) is 0 Å². The second-order valence-electron chi connectivity index (χ2n) is 9.49. The number of carbonyl (C=O) groups excluding carboxylic acids is 3. The highest BCUT2D eigenvalue weighted by molar-refractivity contribution is 6.07. The van der Waals surface area contributed by atoms with Crippen molar-refractivity contribution in [2.24, 2.45) is 29.6 Å². The number of fused-ring (bicyclic) bond motifs is 6. The van der Waals surface area contributed by atoms with Crippen molar-refractivity contribution in [1.29, 1.82) is 0 Å². The molecule has 7 heteroatoms. The topological polar surface area (TPSA) is 88.1 Å². The van der Waals surface area contributed by atoms with Crippen LogP contribution in [0.5, 0.6) is 0 Å². The van der Waals surface area contributed by atoms with Crippen LogP contribution in [-0.2, 0) is 33.3 Å². The van der Waals surface area contributed by atoms with Gasteiger partial charge in [0.25, 0.3) is 0 Å². The molecule has 0 aromatic carbocycles. The highest BCUT2D eigenvalue weighted by Gasteiger charge is 2.62. The van der Waals surface area contributed by atoms with Crippen molar-refractivity contribution in [3.8, 4) is 0 Å². The lowest BCUT2D eigenvalue weighted by molar-refractivity contribution is -0.183. The third-order valence-electron chi connectivity index (χ3n) is 7.45. The normalized spacial score (nSPS) is 44.1. The van der Waals surface area contributed by atoms with Crippen LogP contribution in [0.25, 0.3) is 0 Å². The SMILES string of the molecule is COCO[C@@H]1[C@H]2OC(C)(C)O[C@H]2C(=O)[C@H]2CC[C@H]3C(=CC[C@H]4C(=O)C=CC(=O)[C@H]43)[C@@H]12. The number of ketones is 3. The molecule has 0 bridgehead atoms. The van der Waals surface area contributed by atoms with Crippen LogP contribution in [-0.4, -0.2) is 55.4 Å². The van der Waals surface area contributed by atoms with E-state index in [0.717, 1.165) is 5.57 Å². The molecule has 5 aliphatic rings. The summed E-state index contributed by atoms with van der Waals surface area (Å²) in [6, 6.07) is 0. The van der Waals surface area contributed by atoms with E-state index in [1.54, 1.807) is 7.11 Å². The van der Waals surface area contributed by atoms with Crippen molar-refractivity contribution >= 4 is 17.3 Å². The highest BCUT2D eigenvalue weighted by atomic mass is 16.8. The molecule has 8 atom stereocenters. The number of hydrogen-bond donors (Lipinski definition) is 0. The first-order valence-electron chi connectivity index (χ1n) is 10.8. The summed E-state index contributed by atoms with van der Waals surface area (Å²) in [4.78, 5) is 38.5. The van der Waals surface area contributed by atoms with Gasteiger partial charge in [-0.15, -0.1) is 0 Å². The average molecular weight is 416 g/mol. The predicted octanol–water partition coefficient (Wildman–Crippen LogP) is 1.99. The fourth-order valence-corrected chi connectivity index (χ4v) is 6.39. The molecule has 4 aliphatic carbocycles. The van der Waals surface area contributed by atoms with Crippen molar-refractivity contribution in [3.05, 3.63) is 23.8 Å². The Morgan fingerprint density at radius 2 is 1.73 bits per heavy atom. The Labute approximate surface area is 175 Å². The number of carbonyl (C=O) groups is 3. The molecule has 0 N–H and O–H groups in total. The molecule has 5 rings (SSSR count). The summed E-state index contributed by atoms with van der Waals surface area (Å²) < 4.78 is 23.4. The summed E-state index contributed by atoms with van der Waals surface area (Å²) in [7, 11) is 1.56. The lowest BCUT2D eigenvalue weighted by Crippen LogP contribution is -2.59. The van der Waals surface area contributed by atoms with Crippen LogP contribution >= 0.6 is 0 Å². The number of Topliss-reactive ketones (excluding diaryl/α,β-unsaturated/α-hetero) is 1. The minimum atomic E-state index is -0.866. The van der Waals surface area contributed by atoms with E-state index in [-0.39, 0.29) is 53.7 Å². The largest absolute Gasteiger partial charge is 0.359 e. The summed E-state index contributed by atoms with van der Waals surface area (Å²) in [6.07, 6.45) is 5.24. The van der Waals surface area contributed by atoms with Gasteiger partial charge in [-0.05, 0) is 51.2 Å². The average Bonchev–Trinajstić information content (AvgIpc) is 3.05. The smallest absolute Gasteiger partial charge is 0.168 e. The summed E-state index contributed by atoms with van der Waals surface area (Å²) >= 11 is 0. The maximum Gasteiger partial charge on any atom is 0.168 e. The number of allylic oxidation sites excluding steroid dienone is 3. The first kappa shape index (κ1) is 20.2. The van der Waals surface area contributed by atoms with Crippen molar-refractivity contribution in [1.82, 2.24) is 0 Å². The Balaban J connectivity index is 1.53. The van der Waals surface area contributed by atoms with E-state index >= 15 is 0 Å². The van der Waals surface area contributed by atoms with E-state index in [4.69, 9.17) is 18.9 Å². The summed E-state index contributed by atoms with van der Waals surface area (Å²) in [5, 5.41) is 0. The third-order valence-corrected chi connectivity index (χ3v) is 7.45. The number of hydrogen-bond acceptors (Lipinski definition) is 7. The zero-order valence-corrected chi connectivity index (χ0v) is 17.5. The molecule has 30 heavy (non-hydrogen) atoms. The minimum absolute atomic E-state index is 0.0182. The molecule has 0 unspecified atom stereocenters. The van der Waals surface area contributed by atoms with Crippen LogP contribution < -0.4 is 0 Å². The van der Waals surface area contributed by atoms with E-state index in [2.05, 4.69) is 6.08 Å². The highest BCUT2D eigenvalue weighted by Crippen LogP contribution is 2.54. The van der Waals surface area contributed by atoms with Gasteiger partial charge in [-0.2, -0.15) is 0 Å². The molecular formula is C23H28O7. The second-order valence-corrected chi connectivity index (χ2v) is 9.49. The first-order chi connectivity index (χ1) is 14.3. The minimum Gasteiger partial charge on any atom is -0.359 e. The third kappa shape index (κ3) is 2.98. The van der Waals surface area contributed by atoms with Gasteiger partial charge in [0.1, 0.15) is 19.0 Å². The zero-order valence-electron chi connectivity index (χ0n) is 17.5. The van der Waals surface area contributed by atoms with Gasteiger partial charge in [-0.25, -0.2) is 0 Å². The Kier molecular flexibility index (Phi) is 4.85. The van der Waals surface area contributed by atoms with E-state index in [0.29, 0.717) is 19.3 Å². The monoisotopic (exact) mass is 416 g/mol. The van der Waals surface area contributed by atoms with E-state index < -0.39 is 24.1 Å². The number of ether oxygens (including phenoxy) is 4. The van der Waals surface area contributed by atoms with Gasteiger partial charge in [0.05, 0.1) is 6.10 Å².